The Bertz CT molecular complexity index is 326. The standard InChI is InChI=1S/C11H13N.C2H6/c1-8-3-4-10-7-12-9(2)6-11(10)5-8;1-2/h3-4,6-8H,5H2,1-2H3;1-2H3. The highest BCUT2D eigenvalue weighted by atomic mass is 14.7. The van der Waals surface area contributed by atoms with Gasteiger partial charge < -0.3 is 0 Å². The van der Waals surface area contributed by atoms with Crippen molar-refractivity contribution in [2.45, 2.75) is 34.1 Å². The number of rotatable bonds is 0. The third-order valence-electron chi connectivity index (χ3n) is 2.31. The van der Waals surface area contributed by atoms with Gasteiger partial charge in [0.05, 0.1) is 0 Å². The van der Waals surface area contributed by atoms with Crippen LogP contribution in [0.1, 0.15) is 37.6 Å². The minimum atomic E-state index is 0.680. The molecule has 1 atom stereocenters. The number of hydrogen-bond donors (Lipinski definition) is 0. The molecule has 0 amide bonds. The lowest BCUT2D eigenvalue weighted by molar-refractivity contribution is 0.715. The molecule has 0 bridgehead atoms. The third kappa shape index (κ3) is 2.44. The summed E-state index contributed by atoms with van der Waals surface area (Å²) < 4.78 is 0. The zero-order valence-electron chi connectivity index (χ0n) is 9.54. The molecular formula is C13H19N. The van der Waals surface area contributed by atoms with Gasteiger partial charge >= 0.3 is 0 Å². The Labute approximate surface area is 86.9 Å². The Morgan fingerprint density at radius 1 is 1.36 bits per heavy atom. The Balaban J connectivity index is 0.000000461. The molecule has 0 fully saturated rings. The highest BCUT2D eigenvalue weighted by molar-refractivity contribution is 5.55. The lowest BCUT2D eigenvalue weighted by Crippen LogP contribution is -2.04. The summed E-state index contributed by atoms with van der Waals surface area (Å²) in [6, 6.07) is 2.19. The number of aromatic nitrogens is 1. The van der Waals surface area contributed by atoms with Crippen LogP contribution in [0.5, 0.6) is 0 Å². The normalized spacial score (nSPS) is 18.1. The van der Waals surface area contributed by atoms with Crippen molar-refractivity contribution in [3.05, 3.63) is 35.2 Å². The molecule has 1 aromatic heterocycles. The summed E-state index contributed by atoms with van der Waals surface area (Å²) in [5, 5.41) is 0. The van der Waals surface area contributed by atoms with E-state index in [4.69, 9.17) is 0 Å². The molecule has 1 heteroatoms. The van der Waals surface area contributed by atoms with Gasteiger partial charge in [-0.15, -0.1) is 0 Å². The number of fused-ring (bicyclic) bond motifs is 1. The highest BCUT2D eigenvalue weighted by Gasteiger charge is 2.09. The van der Waals surface area contributed by atoms with Crippen molar-refractivity contribution in [1.82, 2.24) is 4.98 Å². The second-order valence-electron chi connectivity index (χ2n) is 3.57. The van der Waals surface area contributed by atoms with Crippen LogP contribution in [0.4, 0.5) is 0 Å². The Hall–Kier alpha value is -1.11. The largest absolute Gasteiger partial charge is 0.261 e. The smallest absolute Gasteiger partial charge is 0.0375 e. The molecule has 1 heterocycles. The van der Waals surface area contributed by atoms with Crippen molar-refractivity contribution in [1.29, 1.82) is 0 Å². The maximum atomic E-state index is 4.27. The van der Waals surface area contributed by atoms with Gasteiger partial charge in [0, 0.05) is 11.9 Å². The van der Waals surface area contributed by atoms with Crippen LogP contribution in [0.3, 0.4) is 0 Å². The average molecular weight is 189 g/mol. The van der Waals surface area contributed by atoms with Gasteiger partial charge in [-0.2, -0.15) is 0 Å². The van der Waals surface area contributed by atoms with Crippen LogP contribution in [0, 0.1) is 12.8 Å². The van der Waals surface area contributed by atoms with Crippen LogP contribution in [0.15, 0.2) is 18.3 Å². The molecule has 0 radical (unpaired) electrons. The quantitative estimate of drug-likeness (QED) is 0.607. The van der Waals surface area contributed by atoms with E-state index in [2.05, 4.69) is 30.1 Å². The van der Waals surface area contributed by atoms with Gasteiger partial charge in [-0.3, -0.25) is 4.98 Å². The molecule has 1 unspecified atom stereocenters. The first-order chi connectivity index (χ1) is 6.75. The molecule has 1 aliphatic rings. The molecule has 0 spiro atoms. The molecule has 76 valence electrons. The third-order valence-corrected chi connectivity index (χ3v) is 2.31. The van der Waals surface area contributed by atoms with E-state index in [1.807, 2.05) is 27.0 Å². The molecule has 0 N–H and O–H groups in total. The Kier molecular flexibility index (Phi) is 3.87. The minimum absolute atomic E-state index is 0.680. The van der Waals surface area contributed by atoms with Crippen molar-refractivity contribution >= 4 is 6.08 Å². The van der Waals surface area contributed by atoms with Gasteiger partial charge in [0.25, 0.3) is 0 Å². The Morgan fingerprint density at radius 2 is 2.07 bits per heavy atom. The molecule has 2 rings (SSSR count). The van der Waals surface area contributed by atoms with Crippen LogP contribution in [-0.4, -0.2) is 4.98 Å². The van der Waals surface area contributed by atoms with Gasteiger partial charge in [-0.05, 0) is 36.5 Å². The van der Waals surface area contributed by atoms with E-state index in [0.29, 0.717) is 5.92 Å². The molecular weight excluding hydrogens is 170 g/mol. The minimum Gasteiger partial charge on any atom is -0.261 e. The summed E-state index contributed by atoms with van der Waals surface area (Å²) in [5.41, 5.74) is 3.85. The van der Waals surface area contributed by atoms with Crippen LogP contribution in [0.2, 0.25) is 0 Å². The summed E-state index contributed by atoms with van der Waals surface area (Å²) in [6.07, 6.45) is 7.55. The molecule has 0 saturated heterocycles. The van der Waals surface area contributed by atoms with Crippen molar-refractivity contribution in [3.63, 3.8) is 0 Å². The summed E-state index contributed by atoms with van der Waals surface area (Å²) in [5.74, 6) is 0.680. The molecule has 0 saturated carbocycles. The molecule has 1 nitrogen and oxygen atoms in total. The lowest BCUT2D eigenvalue weighted by Gasteiger charge is -2.15. The van der Waals surface area contributed by atoms with Crippen molar-refractivity contribution in [3.8, 4) is 0 Å². The fourth-order valence-electron chi connectivity index (χ4n) is 1.64. The van der Waals surface area contributed by atoms with Crippen molar-refractivity contribution in [2.75, 3.05) is 0 Å². The molecule has 0 aliphatic heterocycles. The van der Waals surface area contributed by atoms with Crippen LogP contribution >= 0.6 is 0 Å². The average Bonchev–Trinajstić information content (AvgIpc) is 2.20. The Morgan fingerprint density at radius 3 is 2.79 bits per heavy atom. The van der Waals surface area contributed by atoms with Gasteiger partial charge in [0.2, 0.25) is 0 Å². The SMILES string of the molecule is CC.Cc1cc2c(cn1)C=CC(C)C2. The zero-order chi connectivity index (χ0) is 10.6. The zero-order valence-corrected chi connectivity index (χ0v) is 9.54. The van der Waals surface area contributed by atoms with Gasteiger partial charge in [-0.1, -0.05) is 32.9 Å². The van der Waals surface area contributed by atoms with E-state index in [0.717, 1.165) is 12.1 Å². The van der Waals surface area contributed by atoms with E-state index in [1.54, 1.807) is 0 Å². The van der Waals surface area contributed by atoms with Crippen LogP contribution in [0.25, 0.3) is 6.08 Å². The van der Waals surface area contributed by atoms with E-state index >= 15 is 0 Å². The summed E-state index contributed by atoms with van der Waals surface area (Å²) >= 11 is 0. The van der Waals surface area contributed by atoms with Gasteiger partial charge in [0.15, 0.2) is 0 Å². The van der Waals surface area contributed by atoms with Gasteiger partial charge in [-0.25, -0.2) is 0 Å². The fourth-order valence-corrected chi connectivity index (χ4v) is 1.64. The molecule has 1 aliphatic carbocycles. The van der Waals surface area contributed by atoms with Crippen LogP contribution in [-0.2, 0) is 6.42 Å². The number of hydrogen-bond acceptors (Lipinski definition) is 1. The number of allylic oxidation sites excluding steroid dienone is 1. The molecule has 0 aromatic carbocycles. The first-order valence-corrected chi connectivity index (χ1v) is 5.39. The predicted molar refractivity (Wildman–Crippen MR) is 62.2 cm³/mol. The predicted octanol–water partition coefficient (Wildman–Crippen LogP) is 3.62. The van der Waals surface area contributed by atoms with Gasteiger partial charge in [0.1, 0.15) is 0 Å². The van der Waals surface area contributed by atoms with Crippen LogP contribution < -0.4 is 0 Å². The van der Waals surface area contributed by atoms with E-state index < -0.39 is 0 Å². The summed E-state index contributed by atoms with van der Waals surface area (Å²) in [7, 11) is 0. The maximum absolute atomic E-state index is 4.27. The highest BCUT2D eigenvalue weighted by Crippen LogP contribution is 2.22. The summed E-state index contributed by atoms with van der Waals surface area (Å²) in [6.45, 7) is 8.29. The fraction of sp³-hybridized carbons (Fsp3) is 0.462. The maximum Gasteiger partial charge on any atom is 0.0375 e. The second-order valence-corrected chi connectivity index (χ2v) is 3.57. The first kappa shape index (κ1) is 11.0. The van der Waals surface area contributed by atoms with Crippen molar-refractivity contribution in [2.24, 2.45) is 5.92 Å². The van der Waals surface area contributed by atoms with E-state index in [9.17, 15) is 0 Å². The number of nitrogens with zero attached hydrogens (tertiary/aromatic N) is 1. The topological polar surface area (TPSA) is 12.9 Å². The molecule has 14 heavy (non-hydrogen) atoms. The lowest BCUT2D eigenvalue weighted by atomic mass is 9.92. The van der Waals surface area contributed by atoms with E-state index in [1.165, 1.54) is 11.1 Å². The first-order valence-electron chi connectivity index (χ1n) is 5.39. The monoisotopic (exact) mass is 189 g/mol. The summed E-state index contributed by atoms with van der Waals surface area (Å²) in [4.78, 5) is 4.27. The number of aryl methyl sites for hydroxylation is 1. The van der Waals surface area contributed by atoms with E-state index in [-0.39, 0.29) is 0 Å². The van der Waals surface area contributed by atoms with Crippen molar-refractivity contribution < 1.29 is 0 Å². The number of pyridine rings is 1. The molecule has 1 aromatic rings. The second kappa shape index (κ2) is 4.94.